The van der Waals surface area contributed by atoms with Crippen molar-refractivity contribution in [2.45, 2.75) is 24.8 Å². The molecule has 1 aliphatic rings. The number of nitrogens with zero attached hydrogens (tertiary/aromatic N) is 3. The lowest BCUT2D eigenvalue weighted by Crippen LogP contribution is -2.34. The molecule has 1 unspecified atom stereocenters. The van der Waals surface area contributed by atoms with Gasteiger partial charge in [-0.15, -0.1) is 0 Å². The maximum absolute atomic E-state index is 12.9. The molecule has 1 saturated heterocycles. The average molecular weight is 360 g/mol. The minimum Gasteiger partial charge on any atom is -0.356 e. The molecule has 0 spiro atoms. The Labute approximate surface area is 151 Å². The van der Waals surface area contributed by atoms with Crippen molar-refractivity contribution in [1.29, 1.82) is 0 Å². The standard InChI is InChI=1S/C18H21FN4OS/c1-13-3-2-8-23(10-13)16-9-18(21-12-20-16)25-11-17(24)22-15-6-4-14(19)5-7-15/h4-7,9,12-13H,2-3,8,10-11H2,1H3,(H,22,24). The third-order valence-electron chi connectivity index (χ3n) is 4.09. The van der Waals surface area contributed by atoms with Crippen LogP contribution in [0.25, 0.3) is 0 Å². The Kier molecular flexibility index (Phi) is 5.86. The fraction of sp³-hybridized carbons (Fsp3) is 0.389. The van der Waals surface area contributed by atoms with Gasteiger partial charge in [0.25, 0.3) is 0 Å². The predicted octanol–water partition coefficient (Wildman–Crippen LogP) is 3.58. The Morgan fingerprint density at radius 2 is 2.16 bits per heavy atom. The molecule has 1 atom stereocenters. The minimum absolute atomic E-state index is 0.150. The fourth-order valence-electron chi connectivity index (χ4n) is 2.85. The highest BCUT2D eigenvalue weighted by atomic mass is 32.2. The van der Waals surface area contributed by atoms with Crippen LogP contribution in [0.4, 0.5) is 15.9 Å². The van der Waals surface area contributed by atoms with Crippen LogP contribution in [-0.2, 0) is 4.79 Å². The van der Waals surface area contributed by atoms with Crippen molar-refractivity contribution in [3.63, 3.8) is 0 Å². The summed E-state index contributed by atoms with van der Waals surface area (Å²) >= 11 is 1.37. The lowest BCUT2D eigenvalue weighted by Gasteiger charge is -2.31. The van der Waals surface area contributed by atoms with E-state index in [1.165, 1.54) is 48.9 Å². The number of halogens is 1. The number of thioether (sulfide) groups is 1. The molecule has 1 aromatic carbocycles. The van der Waals surface area contributed by atoms with E-state index < -0.39 is 0 Å². The lowest BCUT2D eigenvalue weighted by molar-refractivity contribution is -0.113. The minimum atomic E-state index is -0.326. The third kappa shape index (κ3) is 5.16. The van der Waals surface area contributed by atoms with Gasteiger partial charge < -0.3 is 10.2 Å². The predicted molar refractivity (Wildman–Crippen MR) is 98.4 cm³/mol. The van der Waals surface area contributed by atoms with E-state index in [1.54, 1.807) is 6.33 Å². The Hall–Kier alpha value is -2.15. The van der Waals surface area contributed by atoms with E-state index in [1.807, 2.05) is 6.07 Å². The van der Waals surface area contributed by atoms with Gasteiger partial charge in [0.15, 0.2) is 0 Å². The summed E-state index contributed by atoms with van der Waals surface area (Å²) in [6, 6.07) is 7.66. The smallest absolute Gasteiger partial charge is 0.234 e. The zero-order valence-corrected chi connectivity index (χ0v) is 14.9. The van der Waals surface area contributed by atoms with E-state index in [-0.39, 0.29) is 17.5 Å². The summed E-state index contributed by atoms with van der Waals surface area (Å²) in [6.45, 7) is 4.27. The van der Waals surface area contributed by atoms with Crippen molar-refractivity contribution in [1.82, 2.24) is 9.97 Å². The van der Waals surface area contributed by atoms with Crippen molar-refractivity contribution in [3.8, 4) is 0 Å². The number of carbonyl (C=O) groups excluding carboxylic acids is 1. The Morgan fingerprint density at radius 1 is 1.36 bits per heavy atom. The number of anilines is 2. The number of hydrogen-bond acceptors (Lipinski definition) is 5. The Balaban J connectivity index is 1.55. The molecule has 1 aliphatic heterocycles. The molecule has 1 fully saturated rings. The topological polar surface area (TPSA) is 58.1 Å². The van der Waals surface area contributed by atoms with Crippen molar-refractivity contribution < 1.29 is 9.18 Å². The molecule has 0 aliphatic carbocycles. The molecule has 5 nitrogen and oxygen atoms in total. The fourth-order valence-corrected chi connectivity index (χ4v) is 3.51. The summed E-state index contributed by atoms with van der Waals surface area (Å²) < 4.78 is 12.9. The number of carbonyl (C=O) groups is 1. The molecule has 1 amide bonds. The van der Waals surface area contributed by atoms with Crippen LogP contribution in [0.1, 0.15) is 19.8 Å². The number of nitrogens with one attached hydrogen (secondary N) is 1. The highest BCUT2D eigenvalue weighted by molar-refractivity contribution is 7.99. The van der Waals surface area contributed by atoms with E-state index in [0.29, 0.717) is 11.6 Å². The number of aromatic nitrogens is 2. The van der Waals surface area contributed by atoms with Gasteiger partial charge in [0.1, 0.15) is 23.0 Å². The zero-order valence-electron chi connectivity index (χ0n) is 14.1. The molecular weight excluding hydrogens is 339 g/mol. The quantitative estimate of drug-likeness (QED) is 0.652. The second kappa shape index (κ2) is 8.29. The third-order valence-corrected chi connectivity index (χ3v) is 5.01. The maximum Gasteiger partial charge on any atom is 0.234 e. The van der Waals surface area contributed by atoms with Crippen molar-refractivity contribution in [3.05, 3.63) is 42.5 Å². The van der Waals surface area contributed by atoms with Crippen LogP contribution in [0.5, 0.6) is 0 Å². The van der Waals surface area contributed by atoms with E-state index in [0.717, 1.165) is 23.9 Å². The largest absolute Gasteiger partial charge is 0.356 e. The summed E-state index contributed by atoms with van der Waals surface area (Å²) in [5.41, 5.74) is 0.581. The van der Waals surface area contributed by atoms with Gasteiger partial charge in [-0.1, -0.05) is 18.7 Å². The summed E-state index contributed by atoms with van der Waals surface area (Å²) in [4.78, 5) is 22.9. The van der Waals surface area contributed by atoms with Gasteiger partial charge in [-0.2, -0.15) is 0 Å². The molecule has 3 rings (SSSR count). The van der Waals surface area contributed by atoms with Gasteiger partial charge in [-0.05, 0) is 43.0 Å². The average Bonchev–Trinajstić information content (AvgIpc) is 2.62. The first kappa shape index (κ1) is 17.7. The highest BCUT2D eigenvalue weighted by Crippen LogP contribution is 2.24. The van der Waals surface area contributed by atoms with Crippen molar-refractivity contribution in [2.24, 2.45) is 5.92 Å². The maximum atomic E-state index is 12.9. The van der Waals surface area contributed by atoms with Gasteiger partial charge >= 0.3 is 0 Å². The number of piperidine rings is 1. The normalized spacial score (nSPS) is 17.4. The number of amides is 1. The van der Waals surface area contributed by atoms with Crippen LogP contribution in [-0.4, -0.2) is 34.7 Å². The van der Waals surface area contributed by atoms with Crippen LogP contribution < -0.4 is 10.2 Å². The molecule has 2 heterocycles. The monoisotopic (exact) mass is 360 g/mol. The van der Waals surface area contributed by atoms with Crippen LogP contribution in [0.3, 0.4) is 0 Å². The van der Waals surface area contributed by atoms with Crippen LogP contribution >= 0.6 is 11.8 Å². The number of hydrogen-bond donors (Lipinski definition) is 1. The van der Waals surface area contributed by atoms with Crippen molar-refractivity contribution >= 4 is 29.2 Å². The second-order valence-electron chi connectivity index (χ2n) is 6.25. The first-order valence-corrected chi connectivity index (χ1v) is 9.34. The number of benzene rings is 1. The molecule has 25 heavy (non-hydrogen) atoms. The van der Waals surface area contributed by atoms with Gasteiger partial charge in [0.05, 0.1) is 5.75 Å². The van der Waals surface area contributed by atoms with Gasteiger partial charge in [-0.3, -0.25) is 4.79 Å². The zero-order chi connectivity index (χ0) is 17.6. The Bertz CT molecular complexity index is 725. The van der Waals surface area contributed by atoms with Crippen molar-refractivity contribution in [2.75, 3.05) is 29.1 Å². The van der Waals surface area contributed by atoms with Gasteiger partial charge in [-0.25, -0.2) is 14.4 Å². The van der Waals surface area contributed by atoms with E-state index in [2.05, 4.69) is 27.1 Å². The molecule has 0 saturated carbocycles. The SMILES string of the molecule is CC1CCCN(c2cc(SCC(=O)Nc3ccc(F)cc3)ncn2)C1. The summed E-state index contributed by atoms with van der Waals surface area (Å²) in [6.07, 6.45) is 3.98. The summed E-state index contributed by atoms with van der Waals surface area (Å²) in [7, 11) is 0. The van der Waals surface area contributed by atoms with Gasteiger partial charge in [0.2, 0.25) is 5.91 Å². The van der Waals surface area contributed by atoms with E-state index in [4.69, 9.17) is 0 Å². The molecule has 2 aromatic rings. The Morgan fingerprint density at radius 3 is 2.92 bits per heavy atom. The molecular formula is C18H21FN4OS. The summed E-state index contributed by atoms with van der Waals surface area (Å²) in [5.74, 6) is 1.35. The van der Waals surface area contributed by atoms with Crippen LogP contribution in [0, 0.1) is 11.7 Å². The second-order valence-corrected chi connectivity index (χ2v) is 7.25. The molecule has 132 valence electrons. The van der Waals surface area contributed by atoms with Crippen LogP contribution in [0.2, 0.25) is 0 Å². The van der Waals surface area contributed by atoms with Gasteiger partial charge in [0, 0.05) is 24.8 Å². The molecule has 0 bridgehead atoms. The first-order chi connectivity index (χ1) is 12.1. The lowest BCUT2D eigenvalue weighted by atomic mass is 10.0. The molecule has 1 aromatic heterocycles. The molecule has 0 radical (unpaired) electrons. The van der Waals surface area contributed by atoms with E-state index in [9.17, 15) is 9.18 Å². The highest BCUT2D eigenvalue weighted by Gasteiger charge is 2.18. The first-order valence-electron chi connectivity index (χ1n) is 8.35. The number of rotatable bonds is 5. The molecule has 7 heteroatoms. The van der Waals surface area contributed by atoms with Crippen LogP contribution in [0.15, 0.2) is 41.7 Å². The summed E-state index contributed by atoms with van der Waals surface area (Å²) in [5, 5.41) is 3.52. The van der Waals surface area contributed by atoms with E-state index >= 15 is 0 Å². The molecule has 1 N–H and O–H groups in total.